The van der Waals surface area contributed by atoms with E-state index in [0.717, 1.165) is 26.1 Å². The van der Waals surface area contributed by atoms with Gasteiger partial charge < -0.3 is 16.0 Å². The molecule has 0 saturated heterocycles. The van der Waals surface area contributed by atoms with Gasteiger partial charge in [0.2, 0.25) is 0 Å². The molecule has 106 valence electrons. The number of carbonyl (C=O) groups is 1. The lowest BCUT2D eigenvalue weighted by molar-refractivity contribution is 0.0948. The van der Waals surface area contributed by atoms with Gasteiger partial charge >= 0.3 is 0 Å². The number of benzene rings is 1. The van der Waals surface area contributed by atoms with Gasteiger partial charge in [0.05, 0.1) is 0 Å². The van der Waals surface area contributed by atoms with Gasteiger partial charge in [0, 0.05) is 18.7 Å². The van der Waals surface area contributed by atoms with Crippen molar-refractivity contribution in [2.45, 2.75) is 13.3 Å². The summed E-state index contributed by atoms with van der Waals surface area (Å²) in [5.41, 5.74) is 5.95. The van der Waals surface area contributed by atoms with Gasteiger partial charge in [0.1, 0.15) is 5.82 Å². The number of rotatable bonds is 8. The summed E-state index contributed by atoms with van der Waals surface area (Å²) in [7, 11) is 0. The van der Waals surface area contributed by atoms with E-state index in [1.54, 1.807) is 0 Å². The quantitative estimate of drug-likeness (QED) is 0.744. The Morgan fingerprint density at radius 2 is 2.00 bits per heavy atom. The molecule has 1 aromatic rings. The van der Waals surface area contributed by atoms with Crippen molar-refractivity contribution in [1.29, 1.82) is 0 Å². The summed E-state index contributed by atoms with van der Waals surface area (Å²) in [6, 6.07) is 5.54. The summed E-state index contributed by atoms with van der Waals surface area (Å²) in [6.07, 6.45) is 0.958. The summed E-state index contributed by atoms with van der Waals surface area (Å²) in [5.74, 6) is -0.509. The van der Waals surface area contributed by atoms with Gasteiger partial charge in [-0.2, -0.15) is 0 Å². The van der Waals surface area contributed by atoms with Crippen LogP contribution in [-0.4, -0.2) is 43.5 Å². The van der Waals surface area contributed by atoms with Crippen LogP contribution in [0.3, 0.4) is 0 Å². The van der Waals surface area contributed by atoms with Crippen LogP contribution >= 0.6 is 0 Å². The number of carbonyl (C=O) groups excluding carboxylic acids is 1. The van der Waals surface area contributed by atoms with Gasteiger partial charge in [0.15, 0.2) is 0 Å². The van der Waals surface area contributed by atoms with Gasteiger partial charge in [-0.15, -0.1) is 0 Å². The molecule has 0 aromatic heterocycles. The highest BCUT2D eigenvalue weighted by atomic mass is 19.1. The molecule has 4 nitrogen and oxygen atoms in total. The van der Waals surface area contributed by atoms with Crippen molar-refractivity contribution in [1.82, 2.24) is 10.2 Å². The van der Waals surface area contributed by atoms with E-state index in [1.165, 1.54) is 24.3 Å². The summed E-state index contributed by atoms with van der Waals surface area (Å²) >= 11 is 0. The molecule has 0 heterocycles. The molecule has 0 fully saturated rings. The molecule has 0 spiro atoms. The third-order valence-corrected chi connectivity index (χ3v) is 2.95. The second-order valence-corrected chi connectivity index (χ2v) is 4.34. The van der Waals surface area contributed by atoms with E-state index in [0.29, 0.717) is 18.7 Å². The van der Waals surface area contributed by atoms with Crippen molar-refractivity contribution in [2.75, 3.05) is 32.7 Å². The van der Waals surface area contributed by atoms with Crippen molar-refractivity contribution >= 4 is 5.91 Å². The van der Waals surface area contributed by atoms with Crippen molar-refractivity contribution < 1.29 is 9.18 Å². The number of halogens is 1. The number of amides is 1. The molecule has 0 aliphatic rings. The summed E-state index contributed by atoms with van der Waals surface area (Å²) in [4.78, 5) is 14.0. The molecule has 0 saturated carbocycles. The molecule has 0 bridgehead atoms. The highest BCUT2D eigenvalue weighted by Gasteiger charge is 2.06. The van der Waals surface area contributed by atoms with Crippen LogP contribution in [0.4, 0.5) is 4.39 Å². The molecule has 19 heavy (non-hydrogen) atoms. The lowest BCUT2D eigenvalue weighted by atomic mass is 10.2. The number of nitrogens with zero attached hydrogens (tertiary/aromatic N) is 1. The minimum absolute atomic E-state index is 0.171. The van der Waals surface area contributed by atoms with Crippen molar-refractivity contribution in [3.63, 3.8) is 0 Å². The minimum atomic E-state index is -0.338. The highest BCUT2D eigenvalue weighted by Crippen LogP contribution is 2.02. The Balaban J connectivity index is 2.31. The molecule has 0 aliphatic heterocycles. The largest absolute Gasteiger partial charge is 0.351 e. The van der Waals surface area contributed by atoms with Crippen LogP contribution in [0, 0.1) is 5.82 Å². The fraction of sp³-hybridized carbons (Fsp3) is 0.500. The van der Waals surface area contributed by atoms with E-state index < -0.39 is 0 Å². The van der Waals surface area contributed by atoms with Crippen LogP contribution in [0.25, 0.3) is 0 Å². The van der Waals surface area contributed by atoms with Gasteiger partial charge in [0.25, 0.3) is 5.91 Å². The van der Waals surface area contributed by atoms with E-state index in [9.17, 15) is 9.18 Å². The van der Waals surface area contributed by atoms with E-state index in [2.05, 4.69) is 17.1 Å². The summed E-state index contributed by atoms with van der Waals surface area (Å²) in [5, 5.41) is 2.83. The first-order chi connectivity index (χ1) is 9.17. The maximum Gasteiger partial charge on any atom is 0.251 e. The highest BCUT2D eigenvalue weighted by molar-refractivity contribution is 5.94. The Hall–Kier alpha value is -1.46. The molecular formula is C14H22FN3O. The Labute approximate surface area is 113 Å². The Morgan fingerprint density at radius 1 is 1.32 bits per heavy atom. The predicted molar refractivity (Wildman–Crippen MR) is 74.5 cm³/mol. The Bertz CT molecular complexity index is 381. The zero-order valence-corrected chi connectivity index (χ0v) is 11.4. The van der Waals surface area contributed by atoms with Gasteiger partial charge in [-0.05, 0) is 50.3 Å². The molecule has 0 radical (unpaired) electrons. The standard InChI is InChI=1S/C14H22FN3O/c1-2-18(10-3-8-16)11-9-17-14(19)12-4-6-13(15)7-5-12/h4-7H,2-3,8-11,16H2,1H3,(H,17,19). The molecule has 0 aliphatic carbocycles. The Kier molecular flexibility index (Phi) is 7.07. The van der Waals surface area contributed by atoms with Gasteiger partial charge in [-0.25, -0.2) is 4.39 Å². The van der Waals surface area contributed by atoms with E-state index >= 15 is 0 Å². The van der Waals surface area contributed by atoms with E-state index in [4.69, 9.17) is 5.73 Å². The molecular weight excluding hydrogens is 245 g/mol. The summed E-state index contributed by atoms with van der Waals surface area (Å²) in [6.45, 7) is 6.01. The van der Waals surface area contributed by atoms with E-state index in [1.807, 2.05) is 0 Å². The summed E-state index contributed by atoms with van der Waals surface area (Å²) < 4.78 is 12.7. The maximum absolute atomic E-state index is 12.7. The number of likely N-dealkylation sites (N-methyl/N-ethyl adjacent to an activating group) is 1. The lowest BCUT2D eigenvalue weighted by Gasteiger charge is -2.20. The SMILES string of the molecule is CCN(CCCN)CCNC(=O)c1ccc(F)cc1. The number of nitrogens with two attached hydrogens (primary N) is 1. The molecule has 1 aromatic carbocycles. The molecule has 3 N–H and O–H groups in total. The smallest absolute Gasteiger partial charge is 0.251 e. The number of hydrogen-bond acceptors (Lipinski definition) is 3. The van der Waals surface area contributed by atoms with Crippen LogP contribution in [0.1, 0.15) is 23.7 Å². The first-order valence-corrected chi connectivity index (χ1v) is 6.63. The van der Waals surface area contributed by atoms with Crippen LogP contribution in [-0.2, 0) is 0 Å². The zero-order chi connectivity index (χ0) is 14.1. The third-order valence-electron chi connectivity index (χ3n) is 2.95. The maximum atomic E-state index is 12.7. The van der Waals surface area contributed by atoms with Crippen LogP contribution in [0.2, 0.25) is 0 Å². The second kappa shape index (κ2) is 8.61. The molecule has 1 amide bonds. The van der Waals surface area contributed by atoms with Gasteiger partial charge in [-0.1, -0.05) is 6.92 Å². The fourth-order valence-electron chi connectivity index (χ4n) is 1.77. The van der Waals surface area contributed by atoms with Crippen LogP contribution in [0.5, 0.6) is 0 Å². The van der Waals surface area contributed by atoms with Crippen LogP contribution in [0.15, 0.2) is 24.3 Å². The first kappa shape index (κ1) is 15.6. The molecule has 0 atom stereocenters. The van der Waals surface area contributed by atoms with Crippen molar-refractivity contribution in [3.8, 4) is 0 Å². The van der Waals surface area contributed by atoms with Crippen molar-refractivity contribution in [3.05, 3.63) is 35.6 Å². The zero-order valence-electron chi connectivity index (χ0n) is 11.4. The molecule has 1 rings (SSSR count). The fourth-order valence-corrected chi connectivity index (χ4v) is 1.77. The molecule has 0 unspecified atom stereocenters. The van der Waals surface area contributed by atoms with Gasteiger partial charge in [-0.3, -0.25) is 4.79 Å². The average molecular weight is 267 g/mol. The van der Waals surface area contributed by atoms with E-state index in [-0.39, 0.29) is 11.7 Å². The minimum Gasteiger partial charge on any atom is -0.351 e. The predicted octanol–water partition coefficient (Wildman–Crippen LogP) is 1.23. The third kappa shape index (κ3) is 5.81. The second-order valence-electron chi connectivity index (χ2n) is 4.34. The van der Waals surface area contributed by atoms with Crippen molar-refractivity contribution in [2.24, 2.45) is 5.73 Å². The lowest BCUT2D eigenvalue weighted by Crippen LogP contribution is -2.35. The number of nitrogens with one attached hydrogen (secondary N) is 1. The molecule has 5 heteroatoms. The average Bonchev–Trinajstić information content (AvgIpc) is 2.43. The topological polar surface area (TPSA) is 58.4 Å². The van der Waals surface area contributed by atoms with Crippen LogP contribution < -0.4 is 11.1 Å². The Morgan fingerprint density at radius 3 is 2.58 bits per heavy atom. The number of hydrogen-bond donors (Lipinski definition) is 2. The monoisotopic (exact) mass is 267 g/mol. The normalized spacial score (nSPS) is 10.7. The first-order valence-electron chi connectivity index (χ1n) is 6.63.